The van der Waals surface area contributed by atoms with Crippen LogP contribution in [0.5, 0.6) is 5.75 Å². The van der Waals surface area contributed by atoms with Gasteiger partial charge in [0.2, 0.25) is 11.8 Å². The molecule has 1 saturated heterocycles. The fourth-order valence-corrected chi connectivity index (χ4v) is 2.92. The number of nitrogens with one attached hydrogen (secondary N) is 1. The predicted octanol–water partition coefficient (Wildman–Crippen LogP) is 3.60. The second-order valence-electron chi connectivity index (χ2n) is 6.53. The van der Waals surface area contributed by atoms with E-state index in [4.69, 9.17) is 4.74 Å². The summed E-state index contributed by atoms with van der Waals surface area (Å²) in [7, 11) is 0. The van der Waals surface area contributed by atoms with Crippen LogP contribution in [0.15, 0.2) is 48.5 Å². The minimum Gasteiger partial charge on any atom is -0.489 e. The third-order valence-corrected chi connectivity index (χ3v) is 4.14. The summed E-state index contributed by atoms with van der Waals surface area (Å²) in [6, 6.07) is 12.9. The number of para-hydroxylation sites is 2. The third-order valence-electron chi connectivity index (χ3n) is 4.14. The number of carbonyl (C=O) groups is 2. The fourth-order valence-electron chi connectivity index (χ4n) is 2.92. The lowest BCUT2D eigenvalue weighted by molar-refractivity contribution is -0.122. The van der Waals surface area contributed by atoms with Crippen LogP contribution >= 0.6 is 0 Å². The number of anilines is 2. The zero-order chi connectivity index (χ0) is 18.7. The van der Waals surface area contributed by atoms with Crippen molar-refractivity contribution < 1.29 is 18.7 Å². The minimum absolute atomic E-state index is 0.0184. The topological polar surface area (TPSA) is 58.6 Å². The summed E-state index contributed by atoms with van der Waals surface area (Å²) in [5, 5.41) is 2.86. The molecule has 1 unspecified atom stereocenters. The molecule has 0 bridgehead atoms. The zero-order valence-corrected chi connectivity index (χ0v) is 14.7. The average molecular weight is 356 g/mol. The molecule has 26 heavy (non-hydrogen) atoms. The maximum absolute atomic E-state index is 13.1. The van der Waals surface area contributed by atoms with Crippen molar-refractivity contribution in [2.45, 2.75) is 26.4 Å². The number of benzene rings is 2. The van der Waals surface area contributed by atoms with Crippen LogP contribution in [0.3, 0.4) is 0 Å². The standard InChI is InChI=1S/C20H21FN2O3/c1-13(2)26-18-6-4-3-5-17(18)22-20(25)14-11-19(24)23(12-14)16-9-7-15(21)8-10-16/h3-10,13-14H,11-12H2,1-2H3,(H,22,25). The van der Waals surface area contributed by atoms with Gasteiger partial charge in [-0.25, -0.2) is 4.39 Å². The van der Waals surface area contributed by atoms with Crippen LogP contribution in [0.1, 0.15) is 20.3 Å². The number of halogens is 1. The molecular formula is C20H21FN2O3. The summed E-state index contributed by atoms with van der Waals surface area (Å²) in [4.78, 5) is 26.4. The Kier molecular flexibility index (Phi) is 5.21. The van der Waals surface area contributed by atoms with Crippen molar-refractivity contribution in [3.8, 4) is 5.75 Å². The Morgan fingerprint density at radius 2 is 1.88 bits per heavy atom. The molecule has 2 aromatic carbocycles. The average Bonchev–Trinajstić information content (AvgIpc) is 2.99. The van der Waals surface area contributed by atoms with Crippen molar-refractivity contribution in [3.63, 3.8) is 0 Å². The van der Waals surface area contributed by atoms with Crippen LogP contribution in [-0.4, -0.2) is 24.5 Å². The lowest BCUT2D eigenvalue weighted by atomic mass is 10.1. The Bertz CT molecular complexity index is 805. The van der Waals surface area contributed by atoms with Gasteiger partial charge < -0.3 is 15.0 Å². The van der Waals surface area contributed by atoms with Gasteiger partial charge in [-0.1, -0.05) is 12.1 Å². The van der Waals surface area contributed by atoms with Gasteiger partial charge in [-0.15, -0.1) is 0 Å². The maximum Gasteiger partial charge on any atom is 0.229 e. The molecule has 1 aliphatic rings. The van der Waals surface area contributed by atoms with E-state index in [0.717, 1.165) is 0 Å². The smallest absolute Gasteiger partial charge is 0.229 e. The Labute approximate surface area is 151 Å². The first-order chi connectivity index (χ1) is 12.4. The van der Waals surface area contributed by atoms with Crippen molar-refractivity contribution in [2.24, 2.45) is 5.92 Å². The van der Waals surface area contributed by atoms with E-state index >= 15 is 0 Å². The quantitative estimate of drug-likeness (QED) is 0.890. The minimum atomic E-state index is -0.473. The van der Waals surface area contributed by atoms with Gasteiger partial charge in [0.25, 0.3) is 0 Å². The number of nitrogens with zero attached hydrogens (tertiary/aromatic N) is 1. The molecule has 0 aliphatic carbocycles. The number of hydrogen-bond acceptors (Lipinski definition) is 3. The lowest BCUT2D eigenvalue weighted by Gasteiger charge is -2.18. The van der Waals surface area contributed by atoms with E-state index in [9.17, 15) is 14.0 Å². The number of hydrogen-bond donors (Lipinski definition) is 1. The van der Waals surface area contributed by atoms with E-state index in [2.05, 4.69) is 5.32 Å². The summed E-state index contributed by atoms with van der Waals surface area (Å²) in [5.74, 6) is -0.627. The molecule has 0 radical (unpaired) electrons. The number of ether oxygens (including phenoxy) is 1. The molecule has 1 N–H and O–H groups in total. The highest BCUT2D eigenvalue weighted by molar-refractivity contribution is 6.03. The molecule has 1 aliphatic heterocycles. The summed E-state index contributed by atoms with van der Waals surface area (Å²) < 4.78 is 18.8. The molecule has 3 rings (SSSR count). The number of rotatable bonds is 5. The summed E-state index contributed by atoms with van der Waals surface area (Å²) in [6.07, 6.45) is 0.103. The number of amides is 2. The van der Waals surface area contributed by atoms with Gasteiger partial charge in [-0.2, -0.15) is 0 Å². The van der Waals surface area contributed by atoms with E-state index in [0.29, 0.717) is 17.1 Å². The van der Waals surface area contributed by atoms with Crippen LogP contribution in [0.2, 0.25) is 0 Å². The zero-order valence-electron chi connectivity index (χ0n) is 14.7. The highest BCUT2D eigenvalue weighted by Crippen LogP contribution is 2.29. The van der Waals surface area contributed by atoms with Crippen LogP contribution in [0, 0.1) is 11.7 Å². The molecule has 2 aromatic rings. The highest BCUT2D eigenvalue weighted by Gasteiger charge is 2.35. The van der Waals surface area contributed by atoms with E-state index in [-0.39, 0.29) is 36.7 Å². The first-order valence-electron chi connectivity index (χ1n) is 8.56. The summed E-state index contributed by atoms with van der Waals surface area (Å²) in [5.41, 5.74) is 1.18. The molecule has 5 nitrogen and oxygen atoms in total. The Morgan fingerprint density at radius 3 is 2.58 bits per heavy atom. The van der Waals surface area contributed by atoms with Gasteiger partial charge >= 0.3 is 0 Å². The van der Waals surface area contributed by atoms with Gasteiger partial charge in [0, 0.05) is 18.7 Å². The molecule has 0 aromatic heterocycles. The Morgan fingerprint density at radius 1 is 1.19 bits per heavy atom. The Hall–Kier alpha value is -2.89. The maximum atomic E-state index is 13.1. The van der Waals surface area contributed by atoms with E-state index in [1.54, 1.807) is 24.3 Å². The SMILES string of the molecule is CC(C)Oc1ccccc1NC(=O)C1CC(=O)N(c2ccc(F)cc2)C1. The van der Waals surface area contributed by atoms with E-state index < -0.39 is 5.92 Å². The van der Waals surface area contributed by atoms with Gasteiger partial charge in [0.05, 0.1) is 17.7 Å². The predicted molar refractivity (Wildman–Crippen MR) is 97.7 cm³/mol. The second kappa shape index (κ2) is 7.56. The molecule has 1 heterocycles. The van der Waals surface area contributed by atoms with Gasteiger partial charge in [0.1, 0.15) is 11.6 Å². The highest BCUT2D eigenvalue weighted by atomic mass is 19.1. The second-order valence-corrected chi connectivity index (χ2v) is 6.53. The molecule has 136 valence electrons. The van der Waals surface area contributed by atoms with Gasteiger partial charge in [-0.3, -0.25) is 9.59 Å². The van der Waals surface area contributed by atoms with Crippen molar-refractivity contribution in [1.82, 2.24) is 0 Å². The molecule has 6 heteroatoms. The largest absolute Gasteiger partial charge is 0.489 e. The first-order valence-corrected chi connectivity index (χ1v) is 8.56. The van der Waals surface area contributed by atoms with Crippen molar-refractivity contribution in [1.29, 1.82) is 0 Å². The monoisotopic (exact) mass is 356 g/mol. The van der Waals surface area contributed by atoms with Crippen LogP contribution in [0.4, 0.5) is 15.8 Å². The normalized spacial score (nSPS) is 16.8. The molecule has 1 atom stereocenters. The van der Waals surface area contributed by atoms with Crippen molar-refractivity contribution in [2.75, 3.05) is 16.8 Å². The van der Waals surface area contributed by atoms with E-state index in [1.807, 2.05) is 26.0 Å². The third kappa shape index (κ3) is 4.02. The fraction of sp³-hybridized carbons (Fsp3) is 0.300. The number of carbonyl (C=O) groups excluding carboxylic acids is 2. The van der Waals surface area contributed by atoms with Crippen molar-refractivity contribution >= 4 is 23.2 Å². The Balaban J connectivity index is 1.70. The molecule has 0 spiro atoms. The van der Waals surface area contributed by atoms with Crippen LogP contribution in [-0.2, 0) is 9.59 Å². The van der Waals surface area contributed by atoms with Gasteiger partial charge in [0.15, 0.2) is 0 Å². The summed E-state index contributed by atoms with van der Waals surface area (Å²) in [6.45, 7) is 4.09. The lowest BCUT2D eigenvalue weighted by Crippen LogP contribution is -2.28. The van der Waals surface area contributed by atoms with Crippen LogP contribution in [0.25, 0.3) is 0 Å². The first kappa shape index (κ1) is 17.9. The van der Waals surface area contributed by atoms with Gasteiger partial charge in [-0.05, 0) is 50.2 Å². The van der Waals surface area contributed by atoms with Crippen molar-refractivity contribution in [3.05, 3.63) is 54.3 Å². The molecule has 0 saturated carbocycles. The molecular weight excluding hydrogens is 335 g/mol. The summed E-state index contributed by atoms with van der Waals surface area (Å²) >= 11 is 0. The van der Waals surface area contributed by atoms with Crippen LogP contribution < -0.4 is 15.0 Å². The molecule has 2 amide bonds. The molecule has 1 fully saturated rings. The van der Waals surface area contributed by atoms with E-state index in [1.165, 1.54) is 17.0 Å².